The predicted octanol–water partition coefficient (Wildman–Crippen LogP) is 3.95. The number of hydrogen-bond acceptors (Lipinski definition) is 6. The maximum atomic E-state index is 12.9. The van der Waals surface area contributed by atoms with E-state index in [4.69, 9.17) is 14.0 Å². The van der Waals surface area contributed by atoms with Crippen LogP contribution in [0.25, 0.3) is 11.4 Å². The lowest BCUT2D eigenvalue weighted by atomic mass is 10.2. The van der Waals surface area contributed by atoms with Crippen molar-refractivity contribution in [2.75, 3.05) is 7.11 Å². The van der Waals surface area contributed by atoms with Gasteiger partial charge in [0.05, 0.1) is 7.11 Å². The predicted molar refractivity (Wildman–Crippen MR) is 109 cm³/mol. The van der Waals surface area contributed by atoms with Crippen molar-refractivity contribution < 1.29 is 18.8 Å². The third-order valence-corrected chi connectivity index (χ3v) is 4.43. The van der Waals surface area contributed by atoms with Gasteiger partial charge < -0.3 is 18.9 Å². The Bertz CT molecular complexity index is 923. The van der Waals surface area contributed by atoms with Crippen molar-refractivity contribution in [3.8, 4) is 22.9 Å². The van der Waals surface area contributed by atoms with Crippen molar-refractivity contribution in [2.45, 2.75) is 39.5 Å². The Balaban J connectivity index is 1.70. The zero-order valence-corrected chi connectivity index (χ0v) is 17.0. The Kier molecular flexibility index (Phi) is 6.49. The van der Waals surface area contributed by atoms with Gasteiger partial charge in [0.25, 0.3) is 5.91 Å². The SMILES string of the molecule is COc1ccc(-c2noc(CN(C(=O)[C@H](C)Oc3ccccc3)C(C)C)n2)cc1. The molecule has 0 saturated heterocycles. The maximum absolute atomic E-state index is 12.9. The fraction of sp³-hybridized carbons (Fsp3) is 0.318. The fourth-order valence-electron chi connectivity index (χ4n) is 2.82. The standard InChI is InChI=1S/C22H25N3O4/c1-15(2)25(22(26)16(3)28-19-8-6-5-7-9-19)14-20-23-21(24-29-20)17-10-12-18(27-4)13-11-17/h5-13,15-16H,14H2,1-4H3/t16-/m0/s1. The quantitative estimate of drug-likeness (QED) is 0.575. The molecule has 7 nitrogen and oxygen atoms in total. The number of nitrogens with zero attached hydrogens (tertiary/aromatic N) is 3. The van der Waals surface area contributed by atoms with Gasteiger partial charge in [-0.25, -0.2) is 0 Å². The van der Waals surface area contributed by atoms with Gasteiger partial charge in [-0.05, 0) is 57.2 Å². The Morgan fingerprint density at radius 2 is 1.72 bits per heavy atom. The van der Waals surface area contributed by atoms with Crippen LogP contribution in [0.1, 0.15) is 26.7 Å². The molecule has 3 rings (SSSR count). The van der Waals surface area contributed by atoms with E-state index in [2.05, 4.69) is 10.1 Å². The second kappa shape index (κ2) is 9.23. The number of benzene rings is 2. The molecule has 0 N–H and O–H groups in total. The third-order valence-electron chi connectivity index (χ3n) is 4.43. The molecule has 0 saturated carbocycles. The van der Waals surface area contributed by atoms with E-state index in [1.807, 2.05) is 68.4 Å². The molecular formula is C22H25N3O4. The van der Waals surface area contributed by atoms with Gasteiger partial charge in [0.2, 0.25) is 11.7 Å². The zero-order chi connectivity index (χ0) is 20.8. The second-order valence-corrected chi connectivity index (χ2v) is 6.87. The number of carbonyl (C=O) groups excluding carboxylic acids is 1. The molecule has 152 valence electrons. The number of ether oxygens (including phenoxy) is 2. The van der Waals surface area contributed by atoms with Crippen LogP contribution in [0.3, 0.4) is 0 Å². The molecule has 0 aliphatic carbocycles. The summed E-state index contributed by atoms with van der Waals surface area (Å²) < 4.78 is 16.3. The number of para-hydroxylation sites is 1. The van der Waals surface area contributed by atoms with Crippen molar-refractivity contribution in [3.05, 3.63) is 60.5 Å². The van der Waals surface area contributed by atoms with Gasteiger partial charge in [0.15, 0.2) is 6.10 Å². The summed E-state index contributed by atoms with van der Waals surface area (Å²) >= 11 is 0. The van der Waals surface area contributed by atoms with E-state index >= 15 is 0 Å². The van der Waals surface area contributed by atoms with Gasteiger partial charge in [0.1, 0.15) is 18.0 Å². The second-order valence-electron chi connectivity index (χ2n) is 6.87. The number of methoxy groups -OCH3 is 1. The molecule has 2 aromatic carbocycles. The summed E-state index contributed by atoms with van der Waals surface area (Å²) in [4.78, 5) is 19.0. The van der Waals surface area contributed by atoms with Crippen LogP contribution >= 0.6 is 0 Å². The van der Waals surface area contributed by atoms with Crippen LogP contribution < -0.4 is 9.47 Å². The van der Waals surface area contributed by atoms with Crippen LogP contribution in [0, 0.1) is 0 Å². The molecule has 1 atom stereocenters. The number of carbonyl (C=O) groups is 1. The molecule has 3 aromatic rings. The van der Waals surface area contributed by atoms with Crippen molar-refractivity contribution >= 4 is 5.91 Å². The summed E-state index contributed by atoms with van der Waals surface area (Å²) in [6.07, 6.45) is -0.635. The summed E-state index contributed by atoms with van der Waals surface area (Å²) in [7, 11) is 1.61. The first-order valence-electron chi connectivity index (χ1n) is 9.47. The minimum Gasteiger partial charge on any atom is -0.497 e. The summed E-state index contributed by atoms with van der Waals surface area (Å²) in [6.45, 7) is 5.82. The molecule has 29 heavy (non-hydrogen) atoms. The van der Waals surface area contributed by atoms with Crippen LogP contribution in [0.4, 0.5) is 0 Å². The molecule has 0 aliphatic heterocycles. The normalized spacial score (nSPS) is 11.9. The van der Waals surface area contributed by atoms with Crippen LogP contribution in [-0.2, 0) is 11.3 Å². The Hall–Kier alpha value is -3.35. The van der Waals surface area contributed by atoms with Crippen LogP contribution in [0.15, 0.2) is 59.1 Å². The molecule has 0 unspecified atom stereocenters. The Labute approximate surface area is 170 Å². The van der Waals surface area contributed by atoms with Crippen molar-refractivity contribution in [2.24, 2.45) is 0 Å². The summed E-state index contributed by atoms with van der Waals surface area (Å²) in [5.41, 5.74) is 0.809. The smallest absolute Gasteiger partial charge is 0.264 e. The first kappa shape index (κ1) is 20.4. The van der Waals surface area contributed by atoms with Gasteiger partial charge in [-0.3, -0.25) is 4.79 Å². The third kappa shape index (κ3) is 5.13. The van der Waals surface area contributed by atoms with E-state index in [9.17, 15) is 4.79 Å². The zero-order valence-electron chi connectivity index (χ0n) is 17.0. The molecule has 0 fully saturated rings. The molecule has 1 heterocycles. The number of hydrogen-bond donors (Lipinski definition) is 0. The van der Waals surface area contributed by atoms with Crippen molar-refractivity contribution in [3.63, 3.8) is 0 Å². The lowest BCUT2D eigenvalue weighted by Crippen LogP contribution is -2.43. The summed E-state index contributed by atoms with van der Waals surface area (Å²) in [5.74, 6) is 2.09. The topological polar surface area (TPSA) is 77.7 Å². The Morgan fingerprint density at radius 1 is 1.03 bits per heavy atom. The highest BCUT2D eigenvalue weighted by atomic mass is 16.5. The van der Waals surface area contributed by atoms with Crippen LogP contribution in [0.5, 0.6) is 11.5 Å². The van der Waals surface area contributed by atoms with Gasteiger partial charge in [-0.15, -0.1) is 0 Å². The number of rotatable bonds is 8. The number of aromatic nitrogens is 2. The van der Waals surface area contributed by atoms with E-state index in [1.165, 1.54) is 0 Å². The van der Waals surface area contributed by atoms with Gasteiger partial charge >= 0.3 is 0 Å². The fourth-order valence-corrected chi connectivity index (χ4v) is 2.82. The lowest BCUT2D eigenvalue weighted by Gasteiger charge is -2.28. The largest absolute Gasteiger partial charge is 0.497 e. The molecule has 0 radical (unpaired) electrons. The maximum Gasteiger partial charge on any atom is 0.264 e. The molecule has 0 spiro atoms. The highest BCUT2D eigenvalue weighted by molar-refractivity contribution is 5.81. The van der Waals surface area contributed by atoms with Crippen LogP contribution in [-0.4, -0.2) is 40.2 Å². The Morgan fingerprint density at radius 3 is 2.34 bits per heavy atom. The van der Waals surface area contributed by atoms with Crippen LogP contribution in [0.2, 0.25) is 0 Å². The van der Waals surface area contributed by atoms with E-state index in [0.29, 0.717) is 17.5 Å². The average Bonchev–Trinajstić information content (AvgIpc) is 3.21. The van der Waals surface area contributed by atoms with E-state index < -0.39 is 6.10 Å². The van der Waals surface area contributed by atoms with Crippen molar-refractivity contribution in [1.29, 1.82) is 0 Å². The van der Waals surface area contributed by atoms with Crippen molar-refractivity contribution in [1.82, 2.24) is 15.0 Å². The van der Waals surface area contributed by atoms with Gasteiger partial charge in [-0.1, -0.05) is 23.4 Å². The molecule has 0 bridgehead atoms. The first-order chi connectivity index (χ1) is 14.0. The van der Waals surface area contributed by atoms with E-state index in [-0.39, 0.29) is 18.5 Å². The summed E-state index contributed by atoms with van der Waals surface area (Å²) in [6, 6.07) is 16.6. The highest BCUT2D eigenvalue weighted by Gasteiger charge is 2.26. The van der Waals surface area contributed by atoms with Gasteiger partial charge in [0, 0.05) is 11.6 Å². The summed E-state index contributed by atoms with van der Waals surface area (Å²) in [5, 5.41) is 4.03. The molecule has 0 aliphatic rings. The molecule has 7 heteroatoms. The van der Waals surface area contributed by atoms with Gasteiger partial charge in [-0.2, -0.15) is 4.98 Å². The molecule has 1 aromatic heterocycles. The highest BCUT2D eigenvalue weighted by Crippen LogP contribution is 2.21. The minimum atomic E-state index is -0.635. The first-order valence-corrected chi connectivity index (χ1v) is 9.47. The van der Waals surface area contributed by atoms with E-state index in [1.54, 1.807) is 18.9 Å². The molecular weight excluding hydrogens is 370 g/mol. The number of amides is 1. The molecule has 1 amide bonds. The average molecular weight is 395 g/mol. The lowest BCUT2D eigenvalue weighted by molar-refractivity contribution is -0.140. The minimum absolute atomic E-state index is 0.0549. The van der Waals surface area contributed by atoms with E-state index in [0.717, 1.165) is 11.3 Å². The monoisotopic (exact) mass is 395 g/mol.